The van der Waals surface area contributed by atoms with Gasteiger partial charge in [0, 0.05) is 9.93 Å². The summed E-state index contributed by atoms with van der Waals surface area (Å²) < 4.78 is 14.2. The third-order valence-electron chi connectivity index (χ3n) is 0. The molecule has 0 aliphatic carbocycles. The van der Waals surface area contributed by atoms with Gasteiger partial charge in [-0.25, -0.2) is 0 Å². The van der Waals surface area contributed by atoms with Crippen molar-refractivity contribution >= 4 is 9.06 Å². The van der Waals surface area contributed by atoms with Crippen molar-refractivity contribution in [3.63, 3.8) is 0 Å². The van der Waals surface area contributed by atoms with Crippen molar-refractivity contribution < 1.29 is 20.6 Å². The molecular weight excluding hydrogens is 175 g/mol. The molecule has 0 bridgehead atoms. The molecule has 0 spiro atoms. The molecule has 4 N–H and O–H groups in total. The molecule has 0 aliphatic heterocycles. The lowest BCUT2D eigenvalue weighted by atomic mass is 12.0. The Balaban J connectivity index is -0.00000000281. The molecule has 0 heterocycles. The molecule has 0 aliphatic rings. The maximum absolute atomic E-state index is 8.57. The van der Waals surface area contributed by atoms with Crippen LogP contribution in [0, 0.1) is 9.93 Å². The molecule has 0 rings (SSSR count). The molecule has 0 radical (unpaired) electrons. The van der Waals surface area contributed by atoms with E-state index in [1.54, 1.807) is 0 Å². The van der Waals surface area contributed by atoms with Gasteiger partial charge in [-0.15, -0.1) is 0 Å². The molecule has 0 amide bonds. The van der Waals surface area contributed by atoms with E-state index in [-0.39, 0.29) is 35.2 Å². The lowest BCUT2D eigenvalue weighted by molar-refractivity contribution is -0.176. The summed E-state index contributed by atoms with van der Waals surface area (Å²) in [5.41, 5.74) is 0. The Morgan fingerprint density at radius 2 is 1.00 bits per heavy atom. The first-order valence-electron chi connectivity index (χ1n) is 0.996. The Hall–Kier alpha value is -0.420. The van der Waals surface area contributed by atoms with E-state index in [9.17, 15) is 0 Å². The fourth-order valence-electron chi connectivity index (χ4n) is 0. The maximum atomic E-state index is 8.57. The Bertz CT molecular complexity index is 33.5. The summed E-state index contributed by atoms with van der Waals surface area (Å²) in [5.74, 6) is 0. The van der Waals surface area contributed by atoms with Crippen molar-refractivity contribution in [2.45, 2.75) is 29.7 Å². The van der Waals surface area contributed by atoms with Crippen LogP contribution >= 0.6 is 9.06 Å². The van der Waals surface area contributed by atoms with E-state index >= 15 is 0 Å². The molecule has 7 heteroatoms. The first kappa shape index (κ1) is 75.8. The molecule has 11 heavy (non-hydrogen) atoms. The second kappa shape index (κ2) is 4000. The summed E-state index contributed by atoms with van der Waals surface area (Å²) in [7, 11) is -0.583. The molecule has 78 valence electrons. The summed E-state index contributed by atoms with van der Waals surface area (Å²) >= 11 is 0. The molecule has 0 saturated heterocycles. The predicted molar refractivity (Wildman–Crippen MR) is 51.5 cm³/mol. The predicted octanol–water partition coefficient (Wildman–Crippen LogP) is 2.28. The second-order valence-corrected chi connectivity index (χ2v) is 0. The second-order valence-electron chi connectivity index (χ2n) is 0. The van der Waals surface area contributed by atoms with Gasteiger partial charge in [-0.3, -0.25) is 15.1 Å². The lowest BCUT2D eigenvalue weighted by Gasteiger charge is -1.25. The van der Waals surface area contributed by atoms with E-state index in [2.05, 4.69) is 0 Å². The van der Waals surface area contributed by atoms with Gasteiger partial charge in [-0.1, -0.05) is 29.7 Å². The molecule has 0 saturated carbocycles. The zero-order valence-electron chi connectivity index (χ0n) is 4.07. The fraction of sp³-hybridized carbons (Fsp3) is 1.00. The zero-order valence-corrected chi connectivity index (χ0v) is 3.96. The third kappa shape index (κ3) is 3120. The van der Waals surface area contributed by atoms with Crippen LogP contribution in [0.1, 0.15) is 29.7 Å². The Kier molecular flexibility index (Phi) is 27500. The van der Waals surface area contributed by atoms with Crippen LogP contribution in [0.25, 0.3) is 0 Å². The highest BCUT2D eigenvalue weighted by Crippen LogP contribution is 1.23. The Labute approximate surface area is 71.6 Å². The Morgan fingerprint density at radius 1 is 1.00 bits per heavy atom. The summed E-state index contributed by atoms with van der Waals surface area (Å²) in [5, 5.41) is 12.0. The minimum absolute atomic E-state index is 0. The van der Waals surface area contributed by atoms with Crippen molar-refractivity contribution in [2.24, 2.45) is 0 Å². The molecule has 0 unspecified atom stereocenters. The van der Waals surface area contributed by atoms with Gasteiger partial charge in [-0.2, -0.15) is 0 Å². The largest absolute Gasteiger partial charge is 0.412 e. The van der Waals surface area contributed by atoms with Crippen LogP contribution in [0.5, 0.6) is 0 Å². The molecule has 0 fully saturated rings. The highest BCUT2D eigenvalue weighted by molar-refractivity contribution is 7.00. The van der Waals surface area contributed by atoms with E-state index in [4.69, 9.17) is 26.3 Å². The minimum Gasteiger partial charge on any atom is -0.412 e. The number of hydrogen-bond acceptors (Lipinski definition) is 5. The van der Waals surface area contributed by atoms with E-state index in [1.807, 2.05) is 0 Å². The van der Waals surface area contributed by atoms with Crippen LogP contribution in [0.15, 0.2) is 0 Å². The summed E-state index contributed by atoms with van der Waals surface area (Å²) in [6.07, 6.45) is 0. The molecule has 0 atom stereocenters. The van der Waals surface area contributed by atoms with Crippen LogP contribution in [0.4, 0.5) is 0 Å². The van der Waals surface area contributed by atoms with Gasteiger partial charge in [0.1, 0.15) is 10.3 Å². The van der Waals surface area contributed by atoms with Crippen LogP contribution in [-0.2, 0) is 4.57 Å². The smallest absolute Gasteiger partial charge is 0.140 e. The van der Waals surface area contributed by atoms with Gasteiger partial charge in [-0.05, 0) is 0 Å². The highest BCUT2D eigenvalue weighted by Gasteiger charge is 0.746. The average Bonchev–Trinajstić information content (AvgIpc) is 1.78. The first-order valence-corrected chi connectivity index (χ1v) is 0.914. The van der Waals surface area contributed by atoms with Gasteiger partial charge in [0.25, 0.3) is 0 Å². The van der Waals surface area contributed by atoms with E-state index in [0.717, 1.165) is 0 Å². The highest BCUT2D eigenvalue weighted by atomic mass is 31.0. The van der Waals surface area contributed by atoms with Gasteiger partial charge in [0.05, 0.1) is 0 Å². The summed E-state index contributed by atoms with van der Waals surface area (Å²) in [6, 6.07) is 0. The quantitative estimate of drug-likeness (QED) is 0.350. The van der Waals surface area contributed by atoms with Gasteiger partial charge >= 0.3 is 0 Å². The number of hydrogen-bond donors (Lipinski definition) is 2. The van der Waals surface area contributed by atoms with Crippen molar-refractivity contribution in [1.29, 1.82) is 1.28 Å². The summed E-state index contributed by atoms with van der Waals surface area (Å²) in [4.78, 5) is 14.0. The van der Waals surface area contributed by atoms with Crippen molar-refractivity contribution in [1.82, 2.24) is 0 Å². The minimum atomic E-state index is -0.583. The van der Waals surface area contributed by atoms with Crippen molar-refractivity contribution in [3.8, 4) is 0 Å². The zero-order chi connectivity index (χ0) is 6.71. The molecule has 0 aromatic rings. The molecule has 6 nitrogen and oxygen atoms in total. The van der Waals surface area contributed by atoms with Crippen molar-refractivity contribution in [3.05, 3.63) is 9.93 Å². The van der Waals surface area contributed by atoms with Gasteiger partial charge in [0.2, 0.25) is 0 Å². The van der Waals surface area contributed by atoms with E-state index < -0.39 is 9.06 Å². The van der Waals surface area contributed by atoms with Crippen molar-refractivity contribution in [2.75, 3.05) is 0 Å². The molecule has 0 aromatic heterocycles. The summed E-state index contributed by atoms with van der Waals surface area (Å²) in [6.45, 7) is 0. The lowest BCUT2D eigenvalue weighted by Crippen LogP contribution is -1.29. The maximum Gasteiger partial charge on any atom is 0.140 e. The molecular formula is C4H21O6P. The Morgan fingerprint density at radius 3 is 1.00 bits per heavy atom. The van der Waals surface area contributed by atoms with Gasteiger partial charge in [0.15, 0.2) is 0 Å². The standard InChI is InChI=1S/4CH4.H2O2.O2.HOP.H2O/c;;;;3*1-2;/h4*1H4;1-2H;;2H;1H2/i;;;;;;2D;. The topological polar surface area (TPSA) is 123 Å². The van der Waals surface area contributed by atoms with E-state index in [0.29, 0.717) is 0 Å². The van der Waals surface area contributed by atoms with Crippen LogP contribution < -0.4 is 0 Å². The SMILES string of the molecule is C.C.C.C.O.O=O.OO.[2H]P=O. The monoisotopic (exact) mass is 197 g/mol. The van der Waals surface area contributed by atoms with Crippen LogP contribution in [0.2, 0.25) is 0 Å². The number of rotatable bonds is 0. The molecule has 0 aromatic carbocycles. The van der Waals surface area contributed by atoms with E-state index in [1.165, 1.54) is 0 Å². The van der Waals surface area contributed by atoms with Crippen LogP contribution in [-0.4, -0.2) is 17.3 Å². The van der Waals surface area contributed by atoms with Crippen LogP contribution in [0.3, 0.4) is 0 Å². The average molecular weight is 197 g/mol. The normalized spacial score (nSPS) is 2.91. The fourth-order valence-corrected chi connectivity index (χ4v) is 0. The first-order chi connectivity index (χ1) is 3.41. The van der Waals surface area contributed by atoms with Gasteiger partial charge < -0.3 is 5.48 Å². The third-order valence-corrected chi connectivity index (χ3v) is 0.